The molecule has 0 heterocycles. The van der Waals surface area contributed by atoms with Gasteiger partial charge in [0.1, 0.15) is 0 Å². The Balaban J connectivity index is 1.86. The molecular formula is C23H30. The zero-order chi connectivity index (χ0) is 16.3. The first-order chi connectivity index (χ1) is 11.3. The standard InChI is InChI=1S/C23H30/c1-3-5-6-7-8-10-21-13-17-23(18-14-21)19-22-15-11-20(9-4-2)12-16-22/h8,10-18H,3-7,9,19H2,1-2H3/b10-8+. The first kappa shape index (κ1) is 17.5. The van der Waals surface area contributed by atoms with Gasteiger partial charge in [0.25, 0.3) is 0 Å². The lowest BCUT2D eigenvalue weighted by Crippen LogP contribution is -1.90. The van der Waals surface area contributed by atoms with Crippen LogP contribution in [0, 0.1) is 0 Å². The Morgan fingerprint density at radius 3 is 1.91 bits per heavy atom. The smallest absolute Gasteiger partial charge is 0.00258 e. The van der Waals surface area contributed by atoms with Crippen molar-refractivity contribution >= 4 is 6.08 Å². The van der Waals surface area contributed by atoms with Crippen LogP contribution in [-0.2, 0) is 12.8 Å². The number of aryl methyl sites for hydroxylation is 1. The van der Waals surface area contributed by atoms with Gasteiger partial charge in [-0.2, -0.15) is 0 Å². The second-order valence-electron chi connectivity index (χ2n) is 6.38. The highest BCUT2D eigenvalue weighted by molar-refractivity contribution is 5.49. The normalized spacial score (nSPS) is 11.2. The second kappa shape index (κ2) is 10.0. The maximum absolute atomic E-state index is 2.30. The van der Waals surface area contributed by atoms with E-state index in [1.54, 1.807) is 0 Å². The highest BCUT2D eigenvalue weighted by Gasteiger charge is 1.98. The molecule has 23 heavy (non-hydrogen) atoms. The van der Waals surface area contributed by atoms with Crippen molar-refractivity contribution in [2.24, 2.45) is 0 Å². The van der Waals surface area contributed by atoms with Crippen molar-refractivity contribution in [1.82, 2.24) is 0 Å². The fraction of sp³-hybridized carbons (Fsp3) is 0.391. The quantitative estimate of drug-likeness (QED) is 0.446. The van der Waals surface area contributed by atoms with Gasteiger partial charge in [-0.1, -0.05) is 93.8 Å². The summed E-state index contributed by atoms with van der Waals surface area (Å²) in [6, 6.07) is 18.1. The van der Waals surface area contributed by atoms with E-state index in [0.717, 1.165) is 6.42 Å². The summed E-state index contributed by atoms with van der Waals surface area (Å²) in [4.78, 5) is 0. The number of benzene rings is 2. The van der Waals surface area contributed by atoms with E-state index >= 15 is 0 Å². The van der Waals surface area contributed by atoms with Crippen LogP contribution in [0.4, 0.5) is 0 Å². The number of rotatable bonds is 9. The van der Waals surface area contributed by atoms with Crippen molar-refractivity contribution in [3.8, 4) is 0 Å². The van der Waals surface area contributed by atoms with E-state index in [1.807, 2.05) is 0 Å². The molecule has 0 saturated carbocycles. The van der Waals surface area contributed by atoms with Crippen LogP contribution in [0.25, 0.3) is 6.08 Å². The van der Waals surface area contributed by atoms with Gasteiger partial charge >= 0.3 is 0 Å². The number of hydrogen-bond acceptors (Lipinski definition) is 0. The Labute approximate surface area is 142 Å². The Bertz CT molecular complexity index is 572. The van der Waals surface area contributed by atoms with E-state index in [2.05, 4.69) is 74.5 Å². The summed E-state index contributed by atoms with van der Waals surface area (Å²) >= 11 is 0. The van der Waals surface area contributed by atoms with Crippen LogP contribution >= 0.6 is 0 Å². The van der Waals surface area contributed by atoms with Crippen molar-refractivity contribution in [2.45, 2.75) is 58.8 Å². The maximum Gasteiger partial charge on any atom is -0.00258 e. The molecule has 0 aliphatic carbocycles. The lowest BCUT2D eigenvalue weighted by atomic mass is 10.0. The zero-order valence-electron chi connectivity index (χ0n) is 14.7. The summed E-state index contributed by atoms with van der Waals surface area (Å²) < 4.78 is 0. The van der Waals surface area contributed by atoms with Crippen LogP contribution in [0.1, 0.15) is 68.2 Å². The largest absolute Gasteiger partial charge is 0.0839 e. The highest BCUT2D eigenvalue weighted by atomic mass is 14.0. The van der Waals surface area contributed by atoms with E-state index < -0.39 is 0 Å². The molecule has 2 aromatic carbocycles. The minimum atomic E-state index is 1.02. The van der Waals surface area contributed by atoms with Gasteiger partial charge in [-0.05, 0) is 47.9 Å². The molecule has 0 bridgehead atoms. The lowest BCUT2D eigenvalue weighted by Gasteiger charge is -2.05. The summed E-state index contributed by atoms with van der Waals surface area (Å²) in [5.74, 6) is 0. The molecule has 0 aliphatic heterocycles. The Hall–Kier alpha value is -1.82. The molecule has 0 spiro atoms. The van der Waals surface area contributed by atoms with Crippen molar-refractivity contribution in [2.75, 3.05) is 0 Å². The van der Waals surface area contributed by atoms with Crippen molar-refractivity contribution in [3.63, 3.8) is 0 Å². The minimum Gasteiger partial charge on any atom is -0.0839 e. The SMILES string of the molecule is CCCCC/C=C/c1ccc(Cc2ccc(CCC)cc2)cc1. The first-order valence-electron chi connectivity index (χ1n) is 9.15. The van der Waals surface area contributed by atoms with Gasteiger partial charge in [0, 0.05) is 0 Å². The Morgan fingerprint density at radius 1 is 0.696 bits per heavy atom. The molecule has 2 rings (SSSR count). The van der Waals surface area contributed by atoms with Gasteiger partial charge in [0.2, 0.25) is 0 Å². The summed E-state index contributed by atoms with van der Waals surface area (Å²) in [5.41, 5.74) is 5.53. The minimum absolute atomic E-state index is 1.02. The molecule has 0 saturated heterocycles. The van der Waals surface area contributed by atoms with Crippen LogP contribution < -0.4 is 0 Å². The molecule has 0 heteroatoms. The molecule has 0 nitrogen and oxygen atoms in total. The fourth-order valence-corrected chi connectivity index (χ4v) is 2.83. The zero-order valence-corrected chi connectivity index (χ0v) is 14.7. The third-order valence-corrected chi connectivity index (χ3v) is 4.23. The average Bonchev–Trinajstić information content (AvgIpc) is 2.58. The van der Waals surface area contributed by atoms with Crippen LogP contribution in [0.15, 0.2) is 54.6 Å². The average molecular weight is 306 g/mol. The molecule has 0 aromatic heterocycles. The molecule has 0 atom stereocenters. The van der Waals surface area contributed by atoms with Crippen molar-refractivity contribution in [1.29, 1.82) is 0 Å². The van der Waals surface area contributed by atoms with Crippen molar-refractivity contribution in [3.05, 3.63) is 76.9 Å². The Kier molecular flexibility index (Phi) is 7.66. The van der Waals surface area contributed by atoms with E-state index in [1.165, 1.54) is 60.8 Å². The molecule has 0 radical (unpaired) electrons. The number of unbranched alkanes of at least 4 members (excludes halogenated alkanes) is 3. The van der Waals surface area contributed by atoms with Crippen molar-refractivity contribution < 1.29 is 0 Å². The van der Waals surface area contributed by atoms with Gasteiger partial charge in [-0.25, -0.2) is 0 Å². The fourth-order valence-electron chi connectivity index (χ4n) is 2.83. The van der Waals surface area contributed by atoms with Gasteiger partial charge in [-0.15, -0.1) is 0 Å². The van der Waals surface area contributed by atoms with Crippen LogP contribution in [-0.4, -0.2) is 0 Å². The van der Waals surface area contributed by atoms with E-state index in [-0.39, 0.29) is 0 Å². The predicted molar refractivity (Wildman–Crippen MR) is 103 cm³/mol. The summed E-state index contributed by atoms with van der Waals surface area (Å²) in [6.45, 7) is 4.48. The van der Waals surface area contributed by atoms with Gasteiger partial charge in [0.15, 0.2) is 0 Å². The molecule has 122 valence electrons. The van der Waals surface area contributed by atoms with Crippen LogP contribution in [0.3, 0.4) is 0 Å². The van der Waals surface area contributed by atoms with E-state index in [9.17, 15) is 0 Å². The van der Waals surface area contributed by atoms with Crippen LogP contribution in [0.2, 0.25) is 0 Å². The third kappa shape index (κ3) is 6.44. The first-order valence-corrected chi connectivity index (χ1v) is 9.15. The second-order valence-corrected chi connectivity index (χ2v) is 6.38. The lowest BCUT2D eigenvalue weighted by molar-refractivity contribution is 0.730. The van der Waals surface area contributed by atoms with Gasteiger partial charge < -0.3 is 0 Å². The molecule has 0 fully saturated rings. The molecule has 0 aliphatic rings. The van der Waals surface area contributed by atoms with Crippen LogP contribution in [0.5, 0.6) is 0 Å². The monoisotopic (exact) mass is 306 g/mol. The highest BCUT2D eigenvalue weighted by Crippen LogP contribution is 2.14. The molecule has 0 N–H and O–H groups in total. The summed E-state index contributed by atoms with van der Waals surface area (Å²) in [6.07, 6.45) is 13.1. The third-order valence-electron chi connectivity index (χ3n) is 4.23. The summed E-state index contributed by atoms with van der Waals surface area (Å²) in [5, 5.41) is 0. The van der Waals surface area contributed by atoms with Gasteiger partial charge in [-0.3, -0.25) is 0 Å². The van der Waals surface area contributed by atoms with Gasteiger partial charge in [0.05, 0.1) is 0 Å². The molecule has 0 amide bonds. The summed E-state index contributed by atoms with van der Waals surface area (Å²) in [7, 11) is 0. The van der Waals surface area contributed by atoms with E-state index in [4.69, 9.17) is 0 Å². The van der Waals surface area contributed by atoms with E-state index in [0.29, 0.717) is 0 Å². The molecule has 0 unspecified atom stereocenters. The topological polar surface area (TPSA) is 0 Å². The maximum atomic E-state index is 2.30. The number of hydrogen-bond donors (Lipinski definition) is 0. The molecule has 2 aromatic rings. The molecular weight excluding hydrogens is 276 g/mol. The number of allylic oxidation sites excluding steroid dienone is 1. The predicted octanol–water partition coefficient (Wildman–Crippen LogP) is 6.82. The Morgan fingerprint density at radius 2 is 1.30 bits per heavy atom.